The highest BCUT2D eigenvalue weighted by atomic mass is 79.9. The predicted octanol–water partition coefficient (Wildman–Crippen LogP) is 4.46. The number of carbonyl (C=O) groups excluding carboxylic acids is 1. The van der Waals surface area contributed by atoms with Crippen LogP contribution >= 0.6 is 15.9 Å². The molecule has 98 valence electrons. The molecule has 19 heavy (non-hydrogen) atoms. The fourth-order valence-corrected chi connectivity index (χ4v) is 2.13. The van der Waals surface area contributed by atoms with Crippen molar-refractivity contribution in [3.05, 3.63) is 69.2 Å². The van der Waals surface area contributed by atoms with Crippen LogP contribution in [0.15, 0.2) is 40.9 Å². The number of hydrogen-bond acceptors (Lipinski definition) is 1. The Balaban J connectivity index is 2.26. The zero-order valence-corrected chi connectivity index (χ0v) is 11.8. The van der Waals surface area contributed by atoms with Gasteiger partial charge in [-0.1, -0.05) is 24.3 Å². The van der Waals surface area contributed by atoms with E-state index in [4.69, 9.17) is 0 Å². The maximum Gasteiger partial charge on any atom is 0.167 e. The summed E-state index contributed by atoms with van der Waals surface area (Å²) >= 11 is 3.11. The van der Waals surface area contributed by atoms with Gasteiger partial charge in [0.1, 0.15) is 11.6 Å². The Morgan fingerprint density at radius 1 is 1.16 bits per heavy atom. The molecule has 4 heteroatoms. The molecule has 0 radical (unpaired) electrons. The first-order valence-electron chi connectivity index (χ1n) is 5.71. The van der Waals surface area contributed by atoms with Gasteiger partial charge in [0, 0.05) is 12.0 Å². The van der Waals surface area contributed by atoms with Gasteiger partial charge in [0.2, 0.25) is 0 Å². The van der Waals surface area contributed by atoms with Crippen molar-refractivity contribution in [2.45, 2.75) is 13.3 Å². The zero-order chi connectivity index (χ0) is 14.0. The van der Waals surface area contributed by atoms with Crippen LogP contribution in [0.4, 0.5) is 8.78 Å². The summed E-state index contributed by atoms with van der Waals surface area (Å²) in [6, 6.07) is 8.86. The second-order valence-corrected chi connectivity index (χ2v) is 5.07. The van der Waals surface area contributed by atoms with Crippen LogP contribution in [0.3, 0.4) is 0 Å². The molecule has 0 aliphatic heterocycles. The number of rotatable bonds is 3. The van der Waals surface area contributed by atoms with Crippen molar-refractivity contribution in [2.75, 3.05) is 0 Å². The average molecular weight is 325 g/mol. The monoisotopic (exact) mass is 324 g/mol. The van der Waals surface area contributed by atoms with Crippen molar-refractivity contribution in [1.29, 1.82) is 0 Å². The van der Waals surface area contributed by atoms with Crippen LogP contribution in [0, 0.1) is 18.6 Å². The van der Waals surface area contributed by atoms with E-state index in [9.17, 15) is 13.6 Å². The molecule has 1 nitrogen and oxygen atoms in total. The first-order valence-corrected chi connectivity index (χ1v) is 6.50. The molecule has 0 N–H and O–H groups in total. The highest BCUT2D eigenvalue weighted by Crippen LogP contribution is 2.22. The summed E-state index contributed by atoms with van der Waals surface area (Å²) in [4.78, 5) is 12.0. The first-order chi connectivity index (χ1) is 8.99. The van der Waals surface area contributed by atoms with E-state index in [1.807, 2.05) is 0 Å². The molecule has 0 fully saturated rings. The lowest BCUT2D eigenvalue weighted by Crippen LogP contribution is -2.05. The lowest BCUT2D eigenvalue weighted by molar-refractivity contribution is 0.0992. The minimum atomic E-state index is -0.416. The van der Waals surface area contributed by atoms with Crippen molar-refractivity contribution in [3.8, 4) is 0 Å². The van der Waals surface area contributed by atoms with Gasteiger partial charge in [0.15, 0.2) is 5.78 Å². The van der Waals surface area contributed by atoms with Crippen molar-refractivity contribution in [3.63, 3.8) is 0 Å². The molecule has 0 aromatic heterocycles. The van der Waals surface area contributed by atoms with Crippen LogP contribution < -0.4 is 0 Å². The molecule has 2 aromatic rings. The van der Waals surface area contributed by atoms with Crippen molar-refractivity contribution in [1.82, 2.24) is 0 Å². The van der Waals surface area contributed by atoms with Gasteiger partial charge in [-0.2, -0.15) is 0 Å². The second kappa shape index (κ2) is 5.61. The van der Waals surface area contributed by atoms with Gasteiger partial charge < -0.3 is 0 Å². The molecular weight excluding hydrogens is 314 g/mol. The highest BCUT2D eigenvalue weighted by molar-refractivity contribution is 9.10. The quantitative estimate of drug-likeness (QED) is 0.762. The van der Waals surface area contributed by atoms with E-state index in [-0.39, 0.29) is 16.7 Å². The normalized spacial score (nSPS) is 10.5. The van der Waals surface area contributed by atoms with Gasteiger partial charge in [0.25, 0.3) is 0 Å². The fraction of sp³-hybridized carbons (Fsp3) is 0.133. The molecule has 0 aliphatic carbocycles. The van der Waals surface area contributed by atoms with E-state index in [1.54, 1.807) is 31.2 Å². The Morgan fingerprint density at radius 3 is 2.58 bits per heavy atom. The molecule has 2 rings (SSSR count). The van der Waals surface area contributed by atoms with Crippen LogP contribution in [0.25, 0.3) is 0 Å². The number of benzene rings is 2. The number of aryl methyl sites for hydroxylation is 1. The summed E-state index contributed by atoms with van der Waals surface area (Å²) in [5.74, 6) is -1.07. The fourth-order valence-electron chi connectivity index (χ4n) is 1.73. The van der Waals surface area contributed by atoms with Gasteiger partial charge in [-0.15, -0.1) is 0 Å². The van der Waals surface area contributed by atoms with Crippen molar-refractivity contribution >= 4 is 21.7 Å². The van der Waals surface area contributed by atoms with Crippen LogP contribution in [0.5, 0.6) is 0 Å². The number of halogens is 3. The van der Waals surface area contributed by atoms with Crippen LogP contribution in [-0.2, 0) is 6.42 Å². The molecule has 0 unspecified atom stereocenters. The summed E-state index contributed by atoms with van der Waals surface area (Å²) in [6.45, 7) is 1.63. The molecule has 0 spiro atoms. The van der Waals surface area contributed by atoms with Gasteiger partial charge in [-0.3, -0.25) is 4.79 Å². The second-order valence-electron chi connectivity index (χ2n) is 4.28. The Labute approximate surface area is 118 Å². The van der Waals surface area contributed by atoms with E-state index in [2.05, 4.69) is 15.9 Å². The largest absolute Gasteiger partial charge is 0.294 e. The Bertz CT molecular complexity index is 638. The smallest absolute Gasteiger partial charge is 0.167 e. The van der Waals surface area contributed by atoms with E-state index >= 15 is 0 Å². The van der Waals surface area contributed by atoms with E-state index in [1.165, 1.54) is 12.1 Å². The minimum absolute atomic E-state index is 0.0286. The van der Waals surface area contributed by atoms with E-state index in [0.717, 1.165) is 0 Å². The summed E-state index contributed by atoms with van der Waals surface area (Å²) in [5.41, 5.74) is 1.33. The molecule has 0 heterocycles. The number of carbonyl (C=O) groups is 1. The standard InChI is InChI=1S/C15H11BrF2O/c1-9-5-6-10(7-13(9)18)14(19)8-11-3-2-4-12(17)15(11)16/h2-7H,8H2,1H3. The number of hydrogen-bond donors (Lipinski definition) is 0. The van der Waals surface area contributed by atoms with E-state index in [0.29, 0.717) is 16.7 Å². The first kappa shape index (κ1) is 13.9. The van der Waals surface area contributed by atoms with E-state index < -0.39 is 11.6 Å². The molecule has 0 bridgehead atoms. The van der Waals surface area contributed by atoms with Crippen LogP contribution in [-0.4, -0.2) is 5.78 Å². The third-order valence-corrected chi connectivity index (χ3v) is 3.76. The summed E-state index contributed by atoms with van der Waals surface area (Å²) in [5, 5.41) is 0. The van der Waals surface area contributed by atoms with Crippen molar-refractivity contribution < 1.29 is 13.6 Å². The molecular formula is C15H11BrF2O. The van der Waals surface area contributed by atoms with Crippen LogP contribution in [0.2, 0.25) is 0 Å². The van der Waals surface area contributed by atoms with Gasteiger partial charge in [-0.05, 0) is 46.1 Å². The topological polar surface area (TPSA) is 17.1 Å². The average Bonchev–Trinajstić information content (AvgIpc) is 2.38. The molecule has 0 amide bonds. The Kier molecular flexibility index (Phi) is 4.10. The molecule has 0 saturated heterocycles. The molecule has 0 aliphatic rings. The highest BCUT2D eigenvalue weighted by Gasteiger charge is 2.12. The third-order valence-electron chi connectivity index (χ3n) is 2.88. The minimum Gasteiger partial charge on any atom is -0.294 e. The zero-order valence-electron chi connectivity index (χ0n) is 10.2. The van der Waals surface area contributed by atoms with Crippen LogP contribution in [0.1, 0.15) is 21.5 Å². The number of ketones is 1. The summed E-state index contributed by atoms with van der Waals surface area (Å²) < 4.78 is 27.0. The summed E-state index contributed by atoms with van der Waals surface area (Å²) in [6.07, 6.45) is 0.0286. The molecule has 2 aromatic carbocycles. The molecule has 0 saturated carbocycles. The Morgan fingerprint density at radius 2 is 1.89 bits per heavy atom. The van der Waals surface area contributed by atoms with Crippen molar-refractivity contribution in [2.24, 2.45) is 0 Å². The SMILES string of the molecule is Cc1ccc(C(=O)Cc2cccc(F)c2Br)cc1F. The predicted molar refractivity (Wildman–Crippen MR) is 73.3 cm³/mol. The Hall–Kier alpha value is -1.55. The van der Waals surface area contributed by atoms with Gasteiger partial charge in [0.05, 0.1) is 4.47 Å². The number of Topliss-reactive ketones (excluding diaryl/α,β-unsaturated/α-hetero) is 1. The van der Waals surface area contributed by atoms with Gasteiger partial charge >= 0.3 is 0 Å². The van der Waals surface area contributed by atoms with Gasteiger partial charge in [-0.25, -0.2) is 8.78 Å². The lowest BCUT2D eigenvalue weighted by atomic mass is 10.0. The lowest BCUT2D eigenvalue weighted by Gasteiger charge is -2.06. The summed E-state index contributed by atoms with van der Waals surface area (Å²) in [7, 11) is 0. The molecule has 0 atom stereocenters. The maximum absolute atomic E-state index is 13.4. The maximum atomic E-state index is 13.4. The third kappa shape index (κ3) is 3.07.